The molecule has 0 unspecified atom stereocenters. The Labute approximate surface area is 102 Å². The van der Waals surface area contributed by atoms with Crippen molar-refractivity contribution in [2.75, 3.05) is 13.2 Å². The molecule has 2 aliphatic carbocycles. The summed E-state index contributed by atoms with van der Waals surface area (Å²) in [5, 5.41) is 3.18. The molecule has 1 amide bonds. The topological polar surface area (TPSA) is 47.6 Å². The Morgan fingerprint density at radius 2 is 1.71 bits per heavy atom. The minimum atomic E-state index is -0.308. The number of hydrogen-bond donors (Lipinski definition) is 1. The standard InChI is InChI=1S/C13H21NO3/c15-12(10-2-1-3-10)14-11-4-6-13(7-5-11)16-8-9-17-13/h10-11H,1-9H2,(H,14,15). The van der Waals surface area contributed by atoms with Crippen LogP contribution in [0.25, 0.3) is 0 Å². The summed E-state index contributed by atoms with van der Waals surface area (Å²) in [5.41, 5.74) is 0. The highest BCUT2D eigenvalue weighted by Gasteiger charge is 2.41. The minimum Gasteiger partial charge on any atom is -0.353 e. The number of hydrogen-bond acceptors (Lipinski definition) is 3. The molecule has 1 N–H and O–H groups in total. The van der Waals surface area contributed by atoms with E-state index in [9.17, 15) is 4.79 Å². The van der Waals surface area contributed by atoms with Gasteiger partial charge < -0.3 is 14.8 Å². The fourth-order valence-electron chi connectivity index (χ4n) is 2.98. The van der Waals surface area contributed by atoms with Gasteiger partial charge in [0.05, 0.1) is 13.2 Å². The molecule has 4 nitrogen and oxygen atoms in total. The van der Waals surface area contributed by atoms with Crippen LogP contribution in [0, 0.1) is 5.92 Å². The third kappa shape index (κ3) is 2.33. The van der Waals surface area contributed by atoms with E-state index < -0.39 is 0 Å². The van der Waals surface area contributed by atoms with Crippen LogP contribution >= 0.6 is 0 Å². The highest BCUT2D eigenvalue weighted by molar-refractivity contribution is 5.79. The normalized spacial score (nSPS) is 29.2. The molecule has 0 radical (unpaired) electrons. The van der Waals surface area contributed by atoms with Gasteiger partial charge in [0.1, 0.15) is 0 Å². The minimum absolute atomic E-state index is 0.269. The molecular formula is C13H21NO3. The number of ether oxygens (including phenoxy) is 2. The molecule has 1 heterocycles. The van der Waals surface area contributed by atoms with Gasteiger partial charge in [0, 0.05) is 24.8 Å². The Morgan fingerprint density at radius 3 is 2.24 bits per heavy atom. The second kappa shape index (κ2) is 4.58. The van der Waals surface area contributed by atoms with E-state index in [0.717, 1.165) is 51.7 Å². The van der Waals surface area contributed by atoms with Crippen LogP contribution in [-0.2, 0) is 14.3 Å². The van der Waals surface area contributed by atoms with Crippen LogP contribution in [0.3, 0.4) is 0 Å². The van der Waals surface area contributed by atoms with Gasteiger partial charge >= 0.3 is 0 Å². The van der Waals surface area contributed by atoms with Crippen LogP contribution in [0.1, 0.15) is 44.9 Å². The number of nitrogens with one attached hydrogen (secondary N) is 1. The lowest BCUT2D eigenvalue weighted by molar-refractivity contribution is -0.180. The Bertz CT molecular complexity index is 285. The van der Waals surface area contributed by atoms with Gasteiger partial charge in [0.25, 0.3) is 0 Å². The lowest BCUT2D eigenvalue weighted by Gasteiger charge is -2.36. The maximum Gasteiger partial charge on any atom is 0.223 e. The SMILES string of the molecule is O=C(NC1CCC2(CC1)OCCO2)C1CCC1. The number of carbonyl (C=O) groups is 1. The molecule has 3 fully saturated rings. The zero-order chi connectivity index (χ0) is 11.7. The first-order valence-corrected chi connectivity index (χ1v) is 6.86. The van der Waals surface area contributed by atoms with Crippen molar-refractivity contribution >= 4 is 5.91 Å². The van der Waals surface area contributed by atoms with E-state index in [1.807, 2.05) is 0 Å². The fourth-order valence-corrected chi connectivity index (χ4v) is 2.98. The summed E-state index contributed by atoms with van der Waals surface area (Å²) in [4.78, 5) is 11.8. The smallest absolute Gasteiger partial charge is 0.223 e. The van der Waals surface area contributed by atoms with Crippen molar-refractivity contribution in [3.63, 3.8) is 0 Å². The van der Waals surface area contributed by atoms with Crippen molar-refractivity contribution in [1.29, 1.82) is 0 Å². The molecule has 4 heteroatoms. The summed E-state index contributed by atoms with van der Waals surface area (Å²) in [5.74, 6) is 0.257. The number of amides is 1. The van der Waals surface area contributed by atoms with Gasteiger partial charge in [0.15, 0.2) is 5.79 Å². The predicted molar refractivity (Wildman–Crippen MR) is 62.4 cm³/mol. The zero-order valence-electron chi connectivity index (χ0n) is 10.2. The highest BCUT2D eigenvalue weighted by Crippen LogP contribution is 2.36. The fraction of sp³-hybridized carbons (Fsp3) is 0.923. The third-order valence-electron chi connectivity index (χ3n) is 4.38. The quantitative estimate of drug-likeness (QED) is 0.796. The van der Waals surface area contributed by atoms with Crippen LogP contribution in [0.2, 0.25) is 0 Å². The van der Waals surface area contributed by atoms with E-state index in [2.05, 4.69) is 5.32 Å². The van der Waals surface area contributed by atoms with E-state index in [-0.39, 0.29) is 11.7 Å². The number of carbonyl (C=O) groups excluding carboxylic acids is 1. The monoisotopic (exact) mass is 239 g/mol. The Kier molecular flexibility index (Phi) is 3.09. The Hall–Kier alpha value is -0.610. The molecule has 0 aromatic carbocycles. The maximum absolute atomic E-state index is 11.8. The van der Waals surface area contributed by atoms with E-state index >= 15 is 0 Å². The first kappa shape index (κ1) is 11.5. The maximum atomic E-state index is 11.8. The van der Waals surface area contributed by atoms with Crippen molar-refractivity contribution in [3.8, 4) is 0 Å². The lowest BCUT2D eigenvalue weighted by atomic mass is 9.83. The molecule has 1 aliphatic heterocycles. The van der Waals surface area contributed by atoms with Gasteiger partial charge in [-0.2, -0.15) is 0 Å². The van der Waals surface area contributed by atoms with Crippen molar-refractivity contribution in [3.05, 3.63) is 0 Å². The van der Waals surface area contributed by atoms with E-state index in [0.29, 0.717) is 12.0 Å². The summed E-state index contributed by atoms with van der Waals surface area (Å²) in [7, 11) is 0. The summed E-state index contributed by atoms with van der Waals surface area (Å²) in [6.07, 6.45) is 7.18. The molecule has 0 aromatic heterocycles. The van der Waals surface area contributed by atoms with Gasteiger partial charge in [-0.25, -0.2) is 0 Å². The van der Waals surface area contributed by atoms with Gasteiger partial charge in [-0.3, -0.25) is 4.79 Å². The molecule has 0 atom stereocenters. The van der Waals surface area contributed by atoms with Crippen LogP contribution in [0.15, 0.2) is 0 Å². The molecule has 17 heavy (non-hydrogen) atoms. The summed E-state index contributed by atoms with van der Waals surface area (Å²) < 4.78 is 11.4. The summed E-state index contributed by atoms with van der Waals surface area (Å²) in [6.45, 7) is 1.44. The lowest BCUT2D eigenvalue weighted by Crippen LogP contribution is -2.46. The van der Waals surface area contributed by atoms with Crippen LogP contribution in [0.4, 0.5) is 0 Å². The second-order valence-electron chi connectivity index (χ2n) is 5.52. The first-order valence-electron chi connectivity index (χ1n) is 6.86. The molecular weight excluding hydrogens is 218 g/mol. The van der Waals surface area contributed by atoms with E-state index in [1.165, 1.54) is 6.42 Å². The van der Waals surface area contributed by atoms with Crippen molar-refractivity contribution in [1.82, 2.24) is 5.32 Å². The van der Waals surface area contributed by atoms with Crippen molar-refractivity contribution in [2.24, 2.45) is 5.92 Å². The molecule has 2 saturated carbocycles. The second-order valence-corrected chi connectivity index (χ2v) is 5.52. The molecule has 3 rings (SSSR count). The number of rotatable bonds is 2. The Balaban J connectivity index is 1.46. The Morgan fingerprint density at radius 1 is 1.06 bits per heavy atom. The van der Waals surface area contributed by atoms with Crippen LogP contribution in [0.5, 0.6) is 0 Å². The molecule has 96 valence electrons. The third-order valence-corrected chi connectivity index (χ3v) is 4.38. The van der Waals surface area contributed by atoms with E-state index in [1.54, 1.807) is 0 Å². The van der Waals surface area contributed by atoms with Crippen molar-refractivity contribution in [2.45, 2.75) is 56.8 Å². The molecule has 1 saturated heterocycles. The zero-order valence-corrected chi connectivity index (χ0v) is 10.2. The van der Waals surface area contributed by atoms with Crippen LogP contribution < -0.4 is 5.32 Å². The summed E-state index contributed by atoms with van der Waals surface area (Å²) >= 11 is 0. The van der Waals surface area contributed by atoms with E-state index in [4.69, 9.17) is 9.47 Å². The van der Waals surface area contributed by atoms with Gasteiger partial charge in [-0.15, -0.1) is 0 Å². The average molecular weight is 239 g/mol. The largest absolute Gasteiger partial charge is 0.353 e. The summed E-state index contributed by atoms with van der Waals surface area (Å²) in [6, 6.07) is 0.335. The average Bonchev–Trinajstić information content (AvgIpc) is 2.68. The molecule has 3 aliphatic rings. The molecule has 0 aromatic rings. The first-order chi connectivity index (χ1) is 8.27. The predicted octanol–water partition coefficient (Wildman–Crippen LogP) is 1.59. The van der Waals surface area contributed by atoms with Gasteiger partial charge in [0.2, 0.25) is 5.91 Å². The van der Waals surface area contributed by atoms with Gasteiger partial charge in [-0.05, 0) is 25.7 Å². The molecule has 0 bridgehead atoms. The highest BCUT2D eigenvalue weighted by atomic mass is 16.7. The van der Waals surface area contributed by atoms with Gasteiger partial charge in [-0.1, -0.05) is 6.42 Å². The van der Waals surface area contributed by atoms with Crippen LogP contribution in [-0.4, -0.2) is 30.9 Å². The molecule has 1 spiro atoms. The van der Waals surface area contributed by atoms with Crippen molar-refractivity contribution < 1.29 is 14.3 Å².